The fourth-order valence-corrected chi connectivity index (χ4v) is 1.93. The summed E-state index contributed by atoms with van der Waals surface area (Å²) in [7, 11) is 3.33. The van der Waals surface area contributed by atoms with Crippen LogP contribution in [0.1, 0.15) is 13.8 Å². The van der Waals surface area contributed by atoms with Crippen LogP contribution in [0.4, 0.5) is 5.82 Å². The number of ether oxygens (including phenoxy) is 1. The van der Waals surface area contributed by atoms with E-state index in [4.69, 9.17) is 4.74 Å². The Balaban J connectivity index is 2.62. The van der Waals surface area contributed by atoms with E-state index in [1.165, 1.54) is 0 Å². The van der Waals surface area contributed by atoms with E-state index in [2.05, 4.69) is 4.98 Å². The average Bonchev–Trinajstić information content (AvgIpc) is 2.45. The minimum atomic E-state index is -1.05. The number of carbonyl (C=O) groups is 1. The second kappa shape index (κ2) is 5.00. The second-order valence-corrected chi connectivity index (χ2v) is 5.14. The maximum absolute atomic E-state index is 11.4. The van der Waals surface area contributed by atoms with E-state index in [0.29, 0.717) is 11.6 Å². The molecule has 0 atom stereocenters. The van der Waals surface area contributed by atoms with Crippen LogP contribution in [0, 0.1) is 0 Å². The Morgan fingerprint density at radius 2 is 2.05 bits per heavy atom. The van der Waals surface area contributed by atoms with Gasteiger partial charge in [-0.1, -0.05) is 6.07 Å². The van der Waals surface area contributed by atoms with E-state index in [-0.39, 0.29) is 0 Å². The number of hydrogen-bond acceptors (Lipinski definition) is 4. The molecule has 0 radical (unpaired) electrons. The highest BCUT2D eigenvalue weighted by molar-refractivity contribution is 5.95. The average molecular weight is 274 g/mol. The molecule has 5 nitrogen and oxygen atoms in total. The summed E-state index contributed by atoms with van der Waals surface area (Å²) in [5, 5.41) is 11.2. The quantitative estimate of drug-likeness (QED) is 0.928. The van der Waals surface area contributed by atoms with Crippen LogP contribution >= 0.6 is 0 Å². The molecule has 0 saturated heterocycles. The zero-order valence-corrected chi connectivity index (χ0v) is 12.0. The molecule has 0 saturated carbocycles. The Morgan fingerprint density at radius 1 is 1.35 bits per heavy atom. The summed E-state index contributed by atoms with van der Waals surface area (Å²) in [4.78, 5) is 17.4. The molecule has 0 spiro atoms. The fraction of sp³-hybridized carbons (Fsp3) is 0.333. The molecule has 0 aliphatic rings. The van der Waals surface area contributed by atoms with Gasteiger partial charge >= 0.3 is 5.97 Å². The normalized spacial score (nSPS) is 11.4. The second-order valence-electron chi connectivity index (χ2n) is 5.14. The van der Waals surface area contributed by atoms with Gasteiger partial charge in [-0.2, -0.15) is 0 Å². The van der Waals surface area contributed by atoms with Gasteiger partial charge in [0, 0.05) is 18.6 Å². The van der Waals surface area contributed by atoms with Crippen molar-refractivity contribution in [3.63, 3.8) is 0 Å². The third-order valence-electron chi connectivity index (χ3n) is 3.63. The monoisotopic (exact) mass is 274 g/mol. The first-order valence-electron chi connectivity index (χ1n) is 6.28. The van der Waals surface area contributed by atoms with Crippen molar-refractivity contribution in [2.75, 3.05) is 19.1 Å². The number of carboxylic acids is 1. The number of methoxy groups -OCH3 is 1. The molecule has 0 bridgehead atoms. The molecule has 0 unspecified atom stereocenters. The van der Waals surface area contributed by atoms with E-state index in [0.717, 1.165) is 10.8 Å². The lowest BCUT2D eigenvalue weighted by Gasteiger charge is -2.33. The van der Waals surface area contributed by atoms with Gasteiger partial charge in [-0.25, -0.2) is 9.78 Å². The van der Waals surface area contributed by atoms with Crippen molar-refractivity contribution < 1.29 is 14.6 Å². The molecule has 1 heterocycles. The van der Waals surface area contributed by atoms with Crippen molar-refractivity contribution in [3.8, 4) is 5.75 Å². The molecule has 1 N–H and O–H groups in total. The van der Waals surface area contributed by atoms with Crippen LogP contribution < -0.4 is 9.64 Å². The number of benzene rings is 1. The summed E-state index contributed by atoms with van der Waals surface area (Å²) in [5.74, 6) is 0.434. The van der Waals surface area contributed by atoms with Crippen molar-refractivity contribution >= 4 is 22.6 Å². The Labute approximate surface area is 117 Å². The van der Waals surface area contributed by atoms with Crippen LogP contribution in [-0.4, -0.2) is 35.8 Å². The lowest BCUT2D eigenvalue weighted by atomic mass is 10.0. The van der Waals surface area contributed by atoms with E-state index in [1.807, 2.05) is 24.3 Å². The molecule has 2 aromatic rings. The summed E-state index contributed by atoms with van der Waals surface area (Å²) >= 11 is 0. The van der Waals surface area contributed by atoms with Crippen LogP contribution in [0.5, 0.6) is 5.75 Å². The maximum Gasteiger partial charge on any atom is 0.328 e. The van der Waals surface area contributed by atoms with Crippen LogP contribution in [0.25, 0.3) is 10.8 Å². The largest absolute Gasteiger partial charge is 0.497 e. The van der Waals surface area contributed by atoms with Crippen LogP contribution in [-0.2, 0) is 4.79 Å². The molecule has 1 aromatic heterocycles. The SMILES string of the molecule is COc1ccc2ccnc(N(C)C(C)(C)C(=O)O)c2c1. The molecule has 0 aliphatic carbocycles. The van der Waals surface area contributed by atoms with E-state index in [1.54, 1.807) is 39.1 Å². The van der Waals surface area contributed by atoms with E-state index >= 15 is 0 Å². The van der Waals surface area contributed by atoms with Gasteiger partial charge in [-0.05, 0) is 37.4 Å². The molecule has 1 aromatic carbocycles. The van der Waals surface area contributed by atoms with Gasteiger partial charge in [0.2, 0.25) is 0 Å². The summed E-state index contributed by atoms with van der Waals surface area (Å²) < 4.78 is 5.23. The lowest BCUT2D eigenvalue weighted by molar-refractivity contribution is -0.142. The van der Waals surface area contributed by atoms with E-state index < -0.39 is 11.5 Å². The predicted octanol–water partition coefficient (Wildman–Crippen LogP) is 2.54. The molecule has 0 aliphatic heterocycles. The minimum Gasteiger partial charge on any atom is -0.497 e. The zero-order valence-electron chi connectivity index (χ0n) is 12.0. The van der Waals surface area contributed by atoms with Gasteiger partial charge in [-0.3, -0.25) is 0 Å². The maximum atomic E-state index is 11.4. The summed E-state index contributed by atoms with van der Waals surface area (Å²) in [6.45, 7) is 3.30. The number of hydrogen-bond donors (Lipinski definition) is 1. The number of pyridine rings is 1. The molecule has 2 rings (SSSR count). The van der Waals surface area contributed by atoms with Crippen molar-refractivity contribution in [3.05, 3.63) is 30.5 Å². The highest BCUT2D eigenvalue weighted by atomic mass is 16.5. The molecule has 0 fully saturated rings. The topological polar surface area (TPSA) is 62.7 Å². The highest BCUT2D eigenvalue weighted by Crippen LogP contribution is 2.30. The number of carboxylic acid groups (broad SMARTS) is 1. The standard InChI is InChI=1S/C15H18N2O3/c1-15(2,14(18)19)17(3)13-12-9-11(20-4)6-5-10(12)7-8-16-13/h5-9H,1-4H3,(H,18,19). The third kappa shape index (κ3) is 2.27. The first-order valence-corrected chi connectivity index (χ1v) is 6.28. The van der Waals surface area contributed by atoms with Crippen molar-refractivity contribution in [1.82, 2.24) is 4.98 Å². The summed E-state index contributed by atoms with van der Waals surface area (Å²) in [5.41, 5.74) is -1.05. The van der Waals surface area contributed by atoms with Gasteiger partial charge in [0.25, 0.3) is 0 Å². The lowest BCUT2D eigenvalue weighted by Crippen LogP contribution is -2.48. The Morgan fingerprint density at radius 3 is 2.65 bits per heavy atom. The summed E-state index contributed by atoms with van der Waals surface area (Å²) in [6.07, 6.45) is 1.68. The van der Waals surface area contributed by atoms with Crippen molar-refractivity contribution in [2.24, 2.45) is 0 Å². The van der Waals surface area contributed by atoms with Crippen LogP contribution in [0.3, 0.4) is 0 Å². The smallest absolute Gasteiger partial charge is 0.328 e. The first-order chi connectivity index (χ1) is 9.37. The number of fused-ring (bicyclic) bond motifs is 1. The number of aliphatic carboxylic acids is 1. The van der Waals surface area contributed by atoms with Crippen LogP contribution in [0.15, 0.2) is 30.5 Å². The van der Waals surface area contributed by atoms with E-state index in [9.17, 15) is 9.90 Å². The molecular weight excluding hydrogens is 256 g/mol. The number of anilines is 1. The number of likely N-dealkylation sites (N-methyl/N-ethyl adjacent to an activating group) is 1. The number of nitrogens with zero attached hydrogens (tertiary/aromatic N) is 2. The molecule has 5 heteroatoms. The Hall–Kier alpha value is -2.30. The van der Waals surface area contributed by atoms with Gasteiger partial charge in [0.1, 0.15) is 17.1 Å². The molecule has 20 heavy (non-hydrogen) atoms. The fourth-order valence-electron chi connectivity index (χ4n) is 1.93. The Kier molecular flexibility index (Phi) is 3.53. The van der Waals surface area contributed by atoms with Gasteiger partial charge in [-0.15, -0.1) is 0 Å². The third-order valence-corrected chi connectivity index (χ3v) is 3.63. The van der Waals surface area contributed by atoms with Crippen molar-refractivity contribution in [1.29, 1.82) is 0 Å². The Bertz CT molecular complexity index is 653. The molecular formula is C15H18N2O3. The number of aromatic nitrogens is 1. The molecule has 0 amide bonds. The first kappa shape index (κ1) is 14.1. The minimum absolute atomic E-state index is 0.619. The summed E-state index contributed by atoms with van der Waals surface area (Å²) in [6, 6.07) is 7.56. The number of rotatable bonds is 4. The van der Waals surface area contributed by atoms with Crippen molar-refractivity contribution in [2.45, 2.75) is 19.4 Å². The molecule has 106 valence electrons. The van der Waals surface area contributed by atoms with Gasteiger partial charge in [0.05, 0.1) is 7.11 Å². The van der Waals surface area contributed by atoms with Gasteiger partial charge < -0.3 is 14.7 Å². The highest BCUT2D eigenvalue weighted by Gasteiger charge is 2.33. The zero-order chi connectivity index (χ0) is 14.9. The predicted molar refractivity (Wildman–Crippen MR) is 78.4 cm³/mol. The van der Waals surface area contributed by atoms with Gasteiger partial charge in [0.15, 0.2) is 0 Å². The van der Waals surface area contributed by atoms with Crippen LogP contribution in [0.2, 0.25) is 0 Å².